The first-order chi connectivity index (χ1) is 12.9. The van der Waals surface area contributed by atoms with Gasteiger partial charge in [-0.2, -0.15) is 10.4 Å². The smallest absolute Gasteiger partial charge is 0.263 e. The van der Waals surface area contributed by atoms with Gasteiger partial charge in [0.2, 0.25) is 5.88 Å². The zero-order valence-corrected chi connectivity index (χ0v) is 15.4. The molecule has 1 N–H and O–H groups in total. The number of aromatic nitrogens is 3. The summed E-state index contributed by atoms with van der Waals surface area (Å²) < 4.78 is 32.8. The van der Waals surface area contributed by atoms with Crippen LogP contribution in [0, 0.1) is 18.3 Å². The van der Waals surface area contributed by atoms with Gasteiger partial charge >= 0.3 is 0 Å². The van der Waals surface area contributed by atoms with Crippen molar-refractivity contribution in [2.24, 2.45) is 0 Å². The molecule has 136 valence electrons. The first kappa shape index (κ1) is 18.3. The number of methoxy groups -OCH3 is 1. The topological polar surface area (TPSA) is 118 Å². The molecule has 8 nitrogen and oxygen atoms in total. The van der Waals surface area contributed by atoms with E-state index in [4.69, 9.17) is 10.00 Å². The van der Waals surface area contributed by atoms with Crippen molar-refractivity contribution in [2.45, 2.75) is 11.8 Å². The van der Waals surface area contributed by atoms with Crippen molar-refractivity contribution in [2.75, 3.05) is 11.8 Å². The van der Waals surface area contributed by atoms with E-state index in [-0.39, 0.29) is 10.8 Å². The Morgan fingerprint density at radius 1 is 1.15 bits per heavy atom. The molecule has 0 aliphatic rings. The van der Waals surface area contributed by atoms with Crippen LogP contribution in [0.15, 0.2) is 53.7 Å². The van der Waals surface area contributed by atoms with E-state index in [0.29, 0.717) is 22.5 Å². The van der Waals surface area contributed by atoms with Gasteiger partial charge in [0, 0.05) is 17.8 Å². The zero-order valence-electron chi connectivity index (χ0n) is 14.5. The van der Waals surface area contributed by atoms with E-state index >= 15 is 0 Å². The molecule has 27 heavy (non-hydrogen) atoms. The molecule has 2 aromatic heterocycles. The molecule has 0 fully saturated rings. The number of rotatable bonds is 5. The fourth-order valence-corrected chi connectivity index (χ4v) is 3.37. The minimum absolute atomic E-state index is 0.0596. The Labute approximate surface area is 156 Å². The number of aryl methyl sites for hydroxylation is 1. The maximum absolute atomic E-state index is 12.7. The molecule has 0 saturated carbocycles. The van der Waals surface area contributed by atoms with Crippen LogP contribution in [-0.4, -0.2) is 30.7 Å². The van der Waals surface area contributed by atoms with Gasteiger partial charge in [0.1, 0.15) is 11.0 Å². The van der Waals surface area contributed by atoms with Crippen LogP contribution < -0.4 is 9.46 Å². The minimum atomic E-state index is -3.87. The Hall–Kier alpha value is -3.51. The zero-order chi connectivity index (χ0) is 19.4. The van der Waals surface area contributed by atoms with E-state index in [0.717, 1.165) is 11.8 Å². The molecular weight excluding hydrogens is 366 g/mol. The lowest BCUT2D eigenvalue weighted by Gasteiger charge is -2.12. The van der Waals surface area contributed by atoms with Crippen molar-refractivity contribution in [3.05, 3.63) is 59.9 Å². The molecule has 3 rings (SSSR count). The first-order valence-electron chi connectivity index (χ1n) is 7.79. The number of hydrogen-bond donors (Lipinski definition) is 1. The third-order valence-corrected chi connectivity index (χ3v) is 5.13. The summed E-state index contributed by atoms with van der Waals surface area (Å²) in [7, 11) is -2.49. The van der Waals surface area contributed by atoms with Gasteiger partial charge < -0.3 is 4.74 Å². The third kappa shape index (κ3) is 4.02. The van der Waals surface area contributed by atoms with E-state index in [1.165, 1.54) is 19.4 Å². The number of nitrogens with one attached hydrogen (secondary N) is 1. The van der Waals surface area contributed by atoms with Crippen LogP contribution in [0.25, 0.3) is 11.3 Å². The monoisotopic (exact) mass is 381 g/mol. The highest BCUT2D eigenvalue weighted by Crippen LogP contribution is 2.26. The Kier molecular flexibility index (Phi) is 5.00. The lowest BCUT2D eigenvalue weighted by Crippen LogP contribution is -2.14. The normalized spacial score (nSPS) is 10.9. The number of pyridine rings is 1. The number of nitrogens with zero attached hydrogens (tertiary/aromatic N) is 4. The van der Waals surface area contributed by atoms with Gasteiger partial charge in [0.25, 0.3) is 10.0 Å². The van der Waals surface area contributed by atoms with E-state index in [9.17, 15) is 8.42 Å². The summed E-state index contributed by atoms with van der Waals surface area (Å²) in [6.07, 6.45) is 2.61. The summed E-state index contributed by atoms with van der Waals surface area (Å²) >= 11 is 0. The highest BCUT2D eigenvalue weighted by atomic mass is 32.2. The van der Waals surface area contributed by atoms with Gasteiger partial charge in [-0.05, 0) is 30.7 Å². The van der Waals surface area contributed by atoms with E-state index in [1.54, 1.807) is 31.2 Å². The fraction of sp³-hybridized carbons (Fsp3) is 0.111. The molecule has 0 bridgehead atoms. The summed E-state index contributed by atoms with van der Waals surface area (Å²) in [6.45, 7) is 1.79. The van der Waals surface area contributed by atoms with Gasteiger partial charge in [0.15, 0.2) is 0 Å². The number of nitriles is 1. The van der Waals surface area contributed by atoms with Crippen LogP contribution in [0.5, 0.6) is 5.88 Å². The molecule has 1 aromatic carbocycles. The summed E-state index contributed by atoms with van der Waals surface area (Å²) in [5.74, 6) is 0.102. The number of hydrogen-bond acceptors (Lipinski definition) is 7. The third-order valence-electron chi connectivity index (χ3n) is 3.80. The predicted octanol–water partition coefficient (Wildman–Crippen LogP) is 2.53. The second-order valence-corrected chi connectivity index (χ2v) is 7.30. The Morgan fingerprint density at radius 2 is 1.96 bits per heavy atom. The second kappa shape index (κ2) is 7.39. The summed E-state index contributed by atoms with van der Waals surface area (Å²) in [5, 5.41) is 16.2. The average Bonchev–Trinajstić information content (AvgIpc) is 2.69. The molecule has 0 aliphatic carbocycles. The molecule has 0 radical (unpaired) electrons. The van der Waals surface area contributed by atoms with Crippen LogP contribution in [0.1, 0.15) is 11.1 Å². The maximum atomic E-state index is 12.7. The van der Waals surface area contributed by atoms with Crippen molar-refractivity contribution in [1.29, 1.82) is 5.26 Å². The van der Waals surface area contributed by atoms with Gasteiger partial charge in [-0.25, -0.2) is 8.42 Å². The Bertz CT molecular complexity index is 1120. The Morgan fingerprint density at radius 3 is 2.63 bits per heavy atom. The van der Waals surface area contributed by atoms with Gasteiger partial charge in [-0.3, -0.25) is 9.71 Å². The predicted molar refractivity (Wildman–Crippen MR) is 98.5 cm³/mol. The molecule has 0 saturated heterocycles. The van der Waals surface area contributed by atoms with Crippen LogP contribution in [0.4, 0.5) is 5.69 Å². The quantitative estimate of drug-likeness (QED) is 0.721. The number of benzene rings is 1. The largest absolute Gasteiger partial charge is 0.480 e. The van der Waals surface area contributed by atoms with Crippen molar-refractivity contribution < 1.29 is 13.2 Å². The van der Waals surface area contributed by atoms with E-state index in [2.05, 4.69) is 19.9 Å². The Balaban J connectivity index is 1.95. The lowest BCUT2D eigenvalue weighted by atomic mass is 10.1. The van der Waals surface area contributed by atoms with Gasteiger partial charge in [-0.1, -0.05) is 12.1 Å². The fourth-order valence-electron chi connectivity index (χ4n) is 2.30. The van der Waals surface area contributed by atoms with Gasteiger partial charge in [-0.15, -0.1) is 5.10 Å². The molecule has 0 spiro atoms. The highest BCUT2D eigenvalue weighted by Gasteiger charge is 2.18. The first-order valence-corrected chi connectivity index (χ1v) is 9.28. The molecule has 0 aliphatic heterocycles. The van der Waals surface area contributed by atoms with Crippen molar-refractivity contribution in [1.82, 2.24) is 15.2 Å². The van der Waals surface area contributed by atoms with E-state index < -0.39 is 10.0 Å². The van der Waals surface area contributed by atoms with Crippen molar-refractivity contribution in [3.8, 4) is 23.2 Å². The van der Waals surface area contributed by atoms with Crippen molar-refractivity contribution in [3.63, 3.8) is 0 Å². The van der Waals surface area contributed by atoms with Crippen molar-refractivity contribution >= 4 is 15.7 Å². The number of anilines is 1. The van der Waals surface area contributed by atoms with Crippen LogP contribution in [0.3, 0.4) is 0 Å². The van der Waals surface area contributed by atoms with Crippen LogP contribution >= 0.6 is 0 Å². The number of sulfonamides is 1. The summed E-state index contributed by atoms with van der Waals surface area (Å²) in [6, 6.07) is 12.0. The summed E-state index contributed by atoms with van der Waals surface area (Å²) in [4.78, 5) is 4.17. The standard InChI is InChI=1S/C18H15N5O3S/c1-12-3-5-14(16-6-4-13(9-19)10-20-16)7-17(12)23-27(24,25)15-8-18(26-2)22-21-11-15/h3-8,10-11,23H,1-2H3. The average molecular weight is 381 g/mol. The summed E-state index contributed by atoms with van der Waals surface area (Å²) in [5.41, 5.74) is 2.94. The molecule has 0 amide bonds. The molecule has 3 aromatic rings. The molecule has 0 atom stereocenters. The maximum Gasteiger partial charge on any atom is 0.263 e. The second-order valence-electron chi connectivity index (χ2n) is 5.61. The van der Waals surface area contributed by atoms with Crippen LogP contribution in [0.2, 0.25) is 0 Å². The van der Waals surface area contributed by atoms with Crippen LogP contribution in [-0.2, 0) is 10.0 Å². The molecule has 2 heterocycles. The molecular formula is C18H15N5O3S. The molecule has 0 unspecified atom stereocenters. The molecule has 9 heteroatoms. The lowest BCUT2D eigenvalue weighted by molar-refractivity contribution is 0.390. The minimum Gasteiger partial charge on any atom is -0.480 e. The number of ether oxygens (including phenoxy) is 1. The van der Waals surface area contributed by atoms with E-state index in [1.807, 2.05) is 12.1 Å². The SMILES string of the molecule is COc1cc(S(=O)(=O)Nc2cc(-c3ccc(C#N)cn3)ccc2C)cnn1. The van der Waals surface area contributed by atoms with Gasteiger partial charge in [0.05, 0.1) is 30.3 Å². The highest BCUT2D eigenvalue weighted by molar-refractivity contribution is 7.92.